The number of hydrogen-bond acceptors (Lipinski definition) is 1. The van der Waals surface area contributed by atoms with Gasteiger partial charge in [-0.25, -0.2) is 0 Å². The van der Waals surface area contributed by atoms with E-state index in [1.807, 2.05) is 0 Å². The number of hydrogen-bond donors (Lipinski definition) is 1. The van der Waals surface area contributed by atoms with Gasteiger partial charge < -0.3 is 5.32 Å². The van der Waals surface area contributed by atoms with Gasteiger partial charge in [0.25, 0.3) is 0 Å². The van der Waals surface area contributed by atoms with E-state index < -0.39 is 0 Å². The summed E-state index contributed by atoms with van der Waals surface area (Å²) in [7, 11) is 0. The third-order valence-corrected chi connectivity index (χ3v) is 3.26. The van der Waals surface area contributed by atoms with Crippen LogP contribution in [0.5, 0.6) is 0 Å². The van der Waals surface area contributed by atoms with Gasteiger partial charge in [0, 0.05) is 6.04 Å². The molecule has 1 heterocycles. The fourth-order valence-corrected chi connectivity index (χ4v) is 2.50. The summed E-state index contributed by atoms with van der Waals surface area (Å²) in [6.07, 6.45) is 2.57. The molecule has 2 aromatic rings. The van der Waals surface area contributed by atoms with Gasteiger partial charge in [-0.2, -0.15) is 0 Å². The third kappa shape index (κ3) is 1.93. The Morgan fingerprint density at radius 2 is 1.81 bits per heavy atom. The fourth-order valence-electron chi connectivity index (χ4n) is 2.50. The Morgan fingerprint density at radius 3 is 2.62 bits per heavy atom. The molecule has 1 unspecified atom stereocenters. The SMILES string of the molecule is Cl.c1ccc2c(C3CCCN3)cccc2c1. The number of fused-ring (bicyclic) bond motifs is 1. The molecule has 0 amide bonds. The van der Waals surface area contributed by atoms with E-state index in [0.29, 0.717) is 6.04 Å². The molecular formula is C14H16ClN. The molecule has 1 N–H and O–H groups in total. The highest BCUT2D eigenvalue weighted by Crippen LogP contribution is 2.29. The van der Waals surface area contributed by atoms with Crippen molar-refractivity contribution in [2.45, 2.75) is 18.9 Å². The number of nitrogens with one attached hydrogen (secondary N) is 1. The summed E-state index contributed by atoms with van der Waals surface area (Å²) in [6.45, 7) is 1.16. The van der Waals surface area contributed by atoms with Crippen LogP contribution in [0, 0.1) is 0 Å². The van der Waals surface area contributed by atoms with Gasteiger partial charge in [0.2, 0.25) is 0 Å². The first-order chi connectivity index (χ1) is 7.45. The van der Waals surface area contributed by atoms with Crippen molar-refractivity contribution in [3.8, 4) is 0 Å². The molecule has 2 aromatic carbocycles. The van der Waals surface area contributed by atoms with E-state index >= 15 is 0 Å². The second-order valence-corrected chi connectivity index (χ2v) is 4.22. The molecule has 1 saturated heterocycles. The van der Waals surface area contributed by atoms with Crippen LogP contribution in [-0.4, -0.2) is 6.54 Å². The van der Waals surface area contributed by atoms with Gasteiger partial charge in [0.05, 0.1) is 0 Å². The zero-order chi connectivity index (χ0) is 10.1. The first-order valence-corrected chi connectivity index (χ1v) is 5.66. The van der Waals surface area contributed by atoms with Gasteiger partial charge in [-0.3, -0.25) is 0 Å². The Morgan fingerprint density at radius 1 is 1.00 bits per heavy atom. The summed E-state index contributed by atoms with van der Waals surface area (Å²) in [5, 5.41) is 6.32. The summed E-state index contributed by atoms with van der Waals surface area (Å²) in [6, 6.07) is 15.8. The molecular weight excluding hydrogens is 218 g/mol. The predicted octanol–water partition coefficient (Wildman–Crippen LogP) is 3.69. The molecule has 0 spiro atoms. The van der Waals surface area contributed by atoms with Gasteiger partial charge in [-0.1, -0.05) is 42.5 Å². The molecule has 84 valence electrons. The number of rotatable bonds is 1. The van der Waals surface area contributed by atoms with Gasteiger partial charge in [-0.15, -0.1) is 12.4 Å². The van der Waals surface area contributed by atoms with E-state index in [2.05, 4.69) is 47.8 Å². The van der Waals surface area contributed by atoms with Crippen LogP contribution in [0.15, 0.2) is 42.5 Å². The van der Waals surface area contributed by atoms with E-state index in [1.165, 1.54) is 29.2 Å². The average molecular weight is 234 g/mol. The van der Waals surface area contributed by atoms with Gasteiger partial charge >= 0.3 is 0 Å². The van der Waals surface area contributed by atoms with Crippen LogP contribution >= 0.6 is 12.4 Å². The Kier molecular flexibility index (Phi) is 3.47. The quantitative estimate of drug-likeness (QED) is 0.792. The largest absolute Gasteiger partial charge is 0.310 e. The van der Waals surface area contributed by atoms with E-state index in [-0.39, 0.29) is 12.4 Å². The summed E-state index contributed by atoms with van der Waals surface area (Å²) in [4.78, 5) is 0. The van der Waals surface area contributed by atoms with E-state index in [4.69, 9.17) is 0 Å². The minimum absolute atomic E-state index is 0. The molecule has 0 radical (unpaired) electrons. The fraction of sp³-hybridized carbons (Fsp3) is 0.286. The second kappa shape index (κ2) is 4.86. The molecule has 1 aliphatic rings. The lowest BCUT2D eigenvalue weighted by Gasteiger charge is -2.13. The standard InChI is InChI=1S/C14H15N.ClH/c1-2-7-12-11(5-1)6-3-8-13(12)14-9-4-10-15-14;/h1-3,5-8,14-15H,4,9-10H2;1H. The molecule has 0 aromatic heterocycles. The highest BCUT2D eigenvalue weighted by Gasteiger charge is 2.17. The normalized spacial score (nSPS) is 19.6. The van der Waals surface area contributed by atoms with Crippen molar-refractivity contribution < 1.29 is 0 Å². The molecule has 0 aliphatic carbocycles. The zero-order valence-electron chi connectivity index (χ0n) is 9.15. The first-order valence-electron chi connectivity index (χ1n) is 5.66. The molecule has 0 bridgehead atoms. The van der Waals surface area contributed by atoms with E-state index in [1.54, 1.807) is 0 Å². The van der Waals surface area contributed by atoms with Crippen LogP contribution in [0.3, 0.4) is 0 Å². The van der Waals surface area contributed by atoms with Crippen molar-refractivity contribution in [2.75, 3.05) is 6.54 Å². The van der Waals surface area contributed by atoms with Crippen LogP contribution in [0.4, 0.5) is 0 Å². The summed E-state index contributed by atoms with van der Waals surface area (Å²) in [5.74, 6) is 0. The lowest BCUT2D eigenvalue weighted by Crippen LogP contribution is -2.12. The smallest absolute Gasteiger partial charge is 0.0326 e. The Balaban J connectivity index is 0.000000963. The minimum atomic E-state index is 0. The van der Waals surface area contributed by atoms with Crippen molar-refractivity contribution in [1.29, 1.82) is 0 Å². The molecule has 1 aliphatic heterocycles. The van der Waals surface area contributed by atoms with Crippen LogP contribution in [0.1, 0.15) is 24.4 Å². The molecule has 3 rings (SSSR count). The van der Waals surface area contributed by atoms with Crippen LogP contribution in [0.25, 0.3) is 10.8 Å². The number of benzene rings is 2. The minimum Gasteiger partial charge on any atom is -0.310 e. The zero-order valence-corrected chi connectivity index (χ0v) is 9.96. The van der Waals surface area contributed by atoms with Gasteiger partial charge in [-0.05, 0) is 35.7 Å². The Hall–Kier alpha value is -1.05. The predicted molar refractivity (Wildman–Crippen MR) is 71.2 cm³/mol. The summed E-state index contributed by atoms with van der Waals surface area (Å²) < 4.78 is 0. The first kappa shape index (κ1) is 11.4. The second-order valence-electron chi connectivity index (χ2n) is 4.22. The van der Waals surface area contributed by atoms with Crippen molar-refractivity contribution in [3.63, 3.8) is 0 Å². The van der Waals surface area contributed by atoms with Crippen molar-refractivity contribution in [1.82, 2.24) is 5.32 Å². The topological polar surface area (TPSA) is 12.0 Å². The third-order valence-electron chi connectivity index (χ3n) is 3.26. The molecule has 16 heavy (non-hydrogen) atoms. The average Bonchev–Trinajstić information content (AvgIpc) is 2.82. The lowest BCUT2D eigenvalue weighted by atomic mass is 9.98. The highest BCUT2D eigenvalue weighted by molar-refractivity contribution is 5.86. The van der Waals surface area contributed by atoms with E-state index in [9.17, 15) is 0 Å². The Bertz CT molecular complexity index is 470. The highest BCUT2D eigenvalue weighted by atomic mass is 35.5. The number of halogens is 1. The molecule has 0 saturated carbocycles. The van der Waals surface area contributed by atoms with Gasteiger partial charge in [0.15, 0.2) is 0 Å². The summed E-state index contributed by atoms with van der Waals surface area (Å²) in [5.41, 5.74) is 1.46. The van der Waals surface area contributed by atoms with E-state index in [0.717, 1.165) is 6.54 Å². The molecule has 1 fully saturated rings. The van der Waals surface area contributed by atoms with Crippen LogP contribution in [0.2, 0.25) is 0 Å². The maximum atomic E-state index is 3.57. The molecule has 1 nitrogen and oxygen atoms in total. The van der Waals surface area contributed by atoms with Crippen LogP contribution < -0.4 is 5.32 Å². The molecule has 2 heteroatoms. The molecule has 1 atom stereocenters. The lowest BCUT2D eigenvalue weighted by molar-refractivity contribution is 0.653. The maximum Gasteiger partial charge on any atom is 0.0326 e. The van der Waals surface area contributed by atoms with Gasteiger partial charge in [0.1, 0.15) is 0 Å². The van der Waals surface area contributed by atoms with Crippen molar-refractivity contribution in [3.05, 3.63) is 48.0 Å². The van der Waals surface area contributed by atoms with Crippen molar-refractivity contribution in [2.24, 2.45) is 0 Å². The maximum absolute atomic E-state index is 3.57. The summed E-state index contributed by atoms with van der Waals surface area (Å²) >= 11 is 0. The monoisotopic (exact) mass is 233 g/mol. The van der Waals surface area contributed by atoms with Crippen LogP contribution in [-0.2, 0) is 0 Å². The Labute approximate surface area is 102 Å². The van der Waals surface area contributed by atoms with Crippen molar-refractivity contribution >= 4 is 23.2 Å².